The number of rotatable bonds is 7. The molecule has 0 spiro atoms. The first-order valence-corrected chi connectivity index (χ1v) is 4.29. The van der Waals surface area contributed by atoms with Gasteiger partial charge in [-0.15, -0.1) is 0 Å². The van der Waals surface area contributed by atoms with Gasteiger partial charge in [-0.2, -0.15) is 0 Å². The van der Waals surface area contributed by atoms with Crippen LogP contribution in [0.5, 0.6) is 0 Å². The largest absolute Gasteiger partial charge is 0.481 e. The number of carboxylic acids is 2. The van der Waals surface area contributed by atoms with Gasteiger partial charge in [0.2, 0.25) is 0 Å². The molecule has 0 aromatic rings. The summed E-state index contributed by atoms with van der Waals surface area (Å²) in [5.74, 6) is -2.90. The number of nitrogens with two attached hydrogens (primary N) is 1. The van der Waals surface area contributed by atoms with Crippen molar-refractivity contribution in [2.75, 3.05) is 6.61 Å². The van der Waals surface area contributed by atoms with Crippen LogP contribution < -0.4 is 5.73 Å². The molecule has 0 unspecified atom stereocenters. The Balaban J connectivity index is 3.57. The number of aliphatic carboxylic acids is 2. The summed E-state index contributed by atoms with van der Waals surface area (Å²) in [6, 6.07) is -1.10. The second-order valence-electron chi connectivity index (χ2n) is 2.85. The minimum Gasteiger partial charge on any atom is -0.481 e. The molecule has 7 nitrogen and oxygen atoms in total. The third-order valence-electron chi connectivity index (χ3n) is 1.56. The Bertz CT molecular complexity index is 252. The van der Waals surface area contributed by atoms with Crippen molar-refractivity contribution in [3.63, 3.8) is 0 Å². The Kier molecular flexibility index (Phi) is 6.03. The molecule has 86 valence electrons. The normalized spacial score (nSPS) is 11.8. The van der Waals surface area contributed by atoms with Crippen LogP contribution in [0.25, 0.3) is 0 Å². The van der Waals surface area contributed by atoms with E-state index in [1.54, 1.807) is 0 Å². The Morgan fingerprint density at radius 2 is 1.80 bits per heavy atom. The number of hydrogen-bond donors (Lipinski definition) is 3. The van der Waals surface area contributed by atoms with E-state index in [0.717, 1.165) is 0 Å². The molecule has 0 bridgehead atoms. The summed E-state index contributed by atoms with van der Waals surface area (Å²) in [5, 5.41) is 16.6. The zero-order valence-corrected chi connectivity index (χ0v) is 8.01. The van der Waals surface area contributed by atoms with Crippen LogP contribution >= 0.6 is 0 Å². The number of carboxylic acid groups (broad SMARTS) is 2. The summed E-state index contributed by atoms with van der Waals surface area (Å²) in [5.41, 5.74) is 5.14. The van der Waals surface area contributed by atoms with Crippen molar-refractivity contribution in [2.24, 2.45) is 5.73 Å². The van der Waals surface area contributed by atoms with E-state index in [0.29, 0.717) is 0 Å². The molecule has 0 aliphatic heterocycles. The molecule has 7 heteroatoms. The number of esters is 1. The van der Waals surface area contributed by atoms with Gasteiger partial charge in [0.05, 0.1) is 6.42 Å². The van der Waals surface area contributed by atoms with E-state index in [1.807, 2.05) is 0 Å². The molecule has 0 rings (SSSR count). The Hall–Kier alpha value is -1.63. The lowest BCUT2D eigenvalue weighted by atomic mass is 10.2. The molecule has 0 aliphatic rings. The van der Waals surface area contributed by atoms with E-state index < -0.39 is 23.9 Å². The van der Waals surface area contributed by atoms with Gasteiger partial charge in [-0.25, -0.2) is 0 Å². The second-order valence-corrected chi connectivity index (χ2v) is 2.85. The number of carbonyl (C=O) groups excluding carboxylic acids is 1. The van der Waals surface area contributed by atoms with E-state index in [4.69, 9.17) is 15.9 Å². The van der Waals surface area contributed by atoms with Crippen LogP contribution in [0.15, 0.2) is 0 Å². The fourth-order valence-corrected chi connectivity index (χ4v) is 0.721. The SMILES string of the molecule is N[C@@H](CCC(=O)OCCC(=O)O)C(=O)O. The highest BCUT2D eigenvalue weighted by Crippen LogP contribution is 1.98. The molecule has 0 heterocycles. The third kappa shape index (κ3) is 7.44. The zero-order valence-electron chi connectivity index (χ0n) is 8.01. The molecule has 0 fully saturated rings. The number of hydrogen-bond acceptors (Lipinski definition) is 5. The lowest BCUT2D eigenvalue weighted by Gasteiger charge is -2.05. The Labute approximate surface area is 85.8 Å². The molecule has 0 aromatic heterocycles. The molecule has 0 saturated carbocycles. The summed E-state index contributed by atoms with van der Waals surface area (Å²) in [7, 11) is 0. The van der Waals surface area contributed by atoms with Crippen LogP contribution in [-0.2, 0) is 19.1 Å². The number of carbonyl (C=O) groups is 3. The fourth-order valence-electron chi connectivity index (χ4n) is 0.721. The van der Waals surface area contributed by atoms with Crippen LogP contribution in [-0.4, -0.2) is 40.8 Å². The first kappa shape index (κ1) is 13.4. The van der Waals surface area contributed by atoms with Crippen LogP contribution in [0.3, 0.4) is 0 Å². The van der Waals surface area contributed by atoms with Crippen LogP contribution in [0, 0.1) is 0 Å². The van der Waals surface area contributed by atoms with E-state index in [1.165, 1.54) is 0 Å². The lowest BCUT2D eigenvalue weighted by Crippen LogP contribution is -2.30. The quantitative estimate of drug-likeness (QED) is 0.478. The average Bonchev–Trinajstić information content (AvgIpc) is 2.13. The van der Waals surface area contributed by atoms with Crippen molar-refractivity contribution in [3.05, 3.63) is 0 Å². The van der Waals surface area contributed by atoms with E-state index in [9.17, 15) is 14.4 Å². The molecule has 0 saturated heterocycles. The van der Waals surface area contributed by atoms with Gasteiger partial charge < -0.3 is 20.7 Å². The highest BCUT2D eigenvalue weighted by molar-refractivity contribution is 5.75. The second kappa shape index (κ2) is 6.77. The number of ether oxygens (including phenoxy) is 1. The van der Waals surface area contributed by atoms with Gasteiger partial charge in [-0.1, -0.05) is 0 Å². The molecule has 0 aliphatic carbocycles. The monoisotopic (exact) mass is 219 g/mol. The fraction of sp³-hybridized carbons (Fsp3) is 0.625. The zero-order chi connectivity index (χ0) is 11.8. The lowest BCUT2D eigenvalue weighted by molar-refractivity contribution is -0.146. The van der Waals surface area contributed by atoms with Gasteiger partial charge in [-0.05, 0) is 6.42 Å². The van der Waals surface area contributed by atoms with Crippen molar-refractivity contribution < 1.29 is 29.3 Å². The highest BCUT2D eigenvalue weighted by atomic mass is 16.5. The Morgan fingerprint density at radius 3 is 2.27 bits per heavy atom. The Morgan fingerprint density at radius 1 is 1.20 bits per heavy atom. The summed E-state index contributed by atoms with van der Waals surface area (Å²) >= 11 is 0. The summed E-state index contributed by atoms with van der Waals surface area (Å²) in [6.07, 6.45) is -0.426. The van der Waals surface area contributed by atoms with Gasteiger partial charge in [-0.3, -0.25) is 14.4 Å². The minimum atomic E-state index is -1.19. The van der Waals surface area contributed by atoms with Crippen molar-refractivity contribution >= 4 is 17.9 Å². The summed E-state index contributed by atoms with van der Waals surface area (Å²) in [6.45, 7) is -0.212. The van der Waals surface area contributed by atoms with Gasteiger partial charge in [0.1, 0.15) is 12.6 Å². The van der Waals surface area contributed by atoms with Crippen LogP contribution in [0.2, 0.25) is 0 Å². The van der Waals surface area contributed by atoms with Gasteiger partial charge in [0, 0.05) is 6.42 Å². The van der Waals surface area contributed by atoms with E-state index in [-0.39, 0.29) is 25.9 Å². The molecular weight excluding hydrogens is 206 g/mol. The van der Waals surface area contributed by atoms with Gasteiger partial charge in [0.15, 0.2) is 0 Å². The summed E-state index contributed by atoms with van der Waals surface area (Å²) in [4.78, 5) is 31.2. The predicted octanol–water partition coefficient (Wildman–Crippen LogP) is -0.804. The van der Waals surface area contributed by atoms with Crippen molar-refractivity contribution in [3.8, 4) is 0 Å². The van der Waals surface area contributed by atoms with Crippen LogP contribution in [0.4, 0.5) is 0 Å². The molecule has 4 N–H and O–H groups in total. The highest BCUT2D eigenvalue weighted by Gasteiger charge is 2.14. The smallest absolute Gasteiger partial charge is 0.320 e. The standard InChI is InChI=1S/C8H13NO6/c9-5(8(13)14)1-2-7(12)15-4-3-6(10)11/h5H,1-4,9H2,(H,10,11)(H,13,14)/t5-/m0/s1. The molecule has 0 amide bonds. The van der Waals surface area contributed by atoms with E-state index >= 15 is 0 Å². The van der Waals surface area contributed by atoms with Crippen molar-refractivity contribution in [1.82, 2.24) is 0 Å². The average molecular weight is 219 g/mol. The maximum atomic E-state index is 10.9. The summed E-state index contributed by atoms with van der Waals surface area (Å²) < 4.78 is 4.51. The molecule has 0 aromatic carbocycles. The topological polar surface area (TPSA) is 127 Å². The van der Waals surface area contributed by atoms with Gasteiger partial charge >= 0.3 is 17.9 Å². The third-order valence-corrected chi connectivity index (χ3v) is 1.56. The molecular formula is C8H13NO6. The minimum absolute atomic E-state index is 0.0265. The maximum Gasteiger partial charge on any atom is 0.320 e. The van der Waals surface area contributed by atoms with Crippen LogP contribution in [0.1, 0.15) is 19.3 Å². The first-order valence-electron chi connectivity index (χ1n) is 4.29. The predicted molar refractivity (Wildman–Crippen MR) is 48.1 cm³/mol. The van der Waals surface area contributed by atoms with E-state index in [2.05, 4.69) is 4.74 Å². The molecule has 0 radical (unpaired) electrons. The van der Waals surface area contributed by atoms with Crippen molar-refractivity contribution in [1.29, 1.82) is 0 Å². The first-order chi connectivity index (χ1) is 6.93. The molecule has 15 heavy (non-hydrogen) atoms. The maximum absolute atomic E-state index is 10.9. The molecule has 1 atom stereocenters. The van der Waals surface area contributed by atoms with Crippen molar-refractivity contribution in [2.45, 2.75) is 25.3 Å². The van der Waals surface area contributed by atoms with Gasteiger partial charge in [0.25, 0.3) is 0 Å².